The van der Waals surface area contributed by atoms with Crippen molar-refractivity contribution in [2.45, 2.75) is 18.6 Å². The molecule has 0 aliphatic carbocycles. The first-order valence-corrected chi connectivity index (χ1v) is 8.09. The minimum absolute atomic E-state index is 0.0336. The Kier molecular flexibility index (Phi) is 3.76. The average molecular weight is 325 g/mol. The summed E-state index contributed by atoms with van der Waals surface area (Å²) < 4.78 is 17.4. The lowest BCUT2D eigenvalue weighted by atomic mass is 10.1. The van der Waals surface area contributed by atoms with Crippen molar-refractivity contribution in [2.75, 3.05) is 20.2 Å². The Balaban J connectivity index is 1.37. The first-order chi connectivity index (χ1) is 11.7. The maximum absolute atomic E-state index is 12.6. The van der Waals surface area contributed by atoms with E-state index in [1.807, 2.05) is 48.5 Å². The minimum atomic E-state index is -0.454. The van der Waals surface area contributed by atoms with E-state index in [0.29, 0.717) is 19.6 Å². The van der Waals surface area contributed by atoms with E-state index in [9.17, 15) is 4.79 Å². The van der Waals surface area contributed by atoms with Crippen LogP contribution in [-0.4, -0.2) is 43.2 Å². The van der Waals surface area contributed by atoms with Crippen molar-refractivity contribution < 1.29 is 19.0 Å². The van der Waals surface area contributed by atoms with Crippen LogP contribution in [0, 0.1) is 0 Å². The van der Waals surface area contributed by atoms with Gasteiger partial charge in [-0.1, -0.05) is 30.3 Å². The highest BCUT2D eigenvalue weighted by atomic mass is 16.6. The SMILES string of the molecule is CN(C[C@H]1COc2ccccc2O1)C(=O)[C@H]1Cc2ccccc2O1. The van der Waals surface area contributed by atoms with Crippen LogP contribution in [0.5, 0.6) is 17.2 Å². The number of amides is 1. The molecule has 0 fully saturated rings. The molecule has 0 saturated carbocycles. The van der Waals surface area contributed by atoms with Crippen LogP contribution >= 0.6 is 0 Å². The van der Waals surface area contributed by atoms with Gasteiger partial charge in [-0.3, -0.25) is 4.79 Å². The van der Waals surface area contributed by atoms with Gasteiger partial charge in [0.15, 0.2) is 23.7 Å². The smallest absolute Gasteiger partial charge is 0.263 e. The first-order valence-electron chi connectivity index (χ1n) is 8.09. The lowest BCUT2D eigenvalue weighted by Gasteiger charge is -2.30. The second-order valence-electron chi connectivity index (χ2n) is 6.13. The van der Waals surface area contributed by atoms with Crippen molar-refractivity contribution in [3.63, 3.8) is 0 Å². The molecule has 0 bridgehead atoms. The first kappa shape index (κ1) is 14.9. The predicted octanol–water partition coefficient (Wildman–Crippen LogP) is 2.29. The Morgan fingerprint density at radius 1 is 1.04 bits per heavy atom. The zero-order chi connectivity index (χ0) is 16.5. The lowest BCUT2D eigenvalue weighted by molar-refractivity contribution is -0.138. The molecular formula is C19H19NO4. The number of carbonyl (C=O) groups excluding carboxylic acids is 1. The van der Waals surface area contributed by atoms with Gasteiger partial charge >= 0.3 is 0 Å². The van der Waals surface area contributed by atoms with Gasteiger partial charge in [0.1, 0.15) is 12.4 Å². The number of rotatable bonds is 3. The Morgan fingerprint density at radius 2 is 1.75 bits per heavy atom. The Bertz CT molecular complexity index is 736. The highest BCUT2D eigenvalue weighted by Gasteiger charge is 2.32. The van der Waals surface area contributed by atoms with Gasteiger partial charge in [-0.2, -0.15) is 0 Å². The van der Waals surface area contributed by atoms with E-state index < -0.39 is 6.10 Å². The summed E-state index contributed by atoms with van der Waals surface area (Å²) in [4.78, 5) is 14.3. The fourth-order valence-corrected chi connectivity index (χ4v) is 3.11. The topological polar surface area (TPSA) is 48.0 Å². The molecule has 2 atom stereocenters. The summed E-state index contributed by atoms with van der Waals surface area (Å²) in [7, 11) is 1.78. The van der Waals surface area contributed by atoms with E-state index in [2.05, 4.69) is 0 Å². The fourth-order valence-electron chi connectivity index (χ4n) is 3.11. The zero-order valence-electron chi connectivity index (χ0n) is 13.5. The van der Waals surface area contributed by atoms with E-state index >= 15 is 0 Å². The lowest BCUT2D eigenvalue weighted by Crippen LogP contribution is -2.46. The molecule has 0 saturated heterocycles. The third kappa shape index (κ3) is 2.77. The number of carbonyl (C=O) groups is 1. The monoisotopic (exact) mass is 325 g/mol. The summed E-state index contributed by atoms with van der Waals surface area (Å²) in [5, 5.41) is 0. The second-order valence-corrected chi connectivity index (χ2v) is 6.13. The van der Waals surface area contributed by atoms with Crippen LogP contribution in [0.15, 0.2) is 48.5 Å². The molecule has 0 aromatic heterocycles. The highest BCUT2D eigenvalue weighted by Crippen LogP contribution is 2.31. The van der Waals surface area contributed by atoms with Gasteiger partial charge in [-0.15, -0.1) is 0 Å². The quantitative estimate of drug-likeness (QED) is 0.869. The number of fused-ring (bicyclic) bond motifs is 2. The number of para-hydroxylation sites is 3. The van der Waals surface area contributed by atoms with Crippen molar-refractivity contribution in [1.82, 2.24) is 4.90 Å². The molecule has 2 aliphatic heterocycles. The Hall–Kier alpha value is -2.69. The molecule has 1 amide bonds. The molecule has 2 aliphatic rings. The van der Waals surface area contributed by atoms with Gasteiger partial charge in [-0.05, 0) is 23.8 Å². The van der Waals surface area contributed by atoms with Crippen molar-refractivity contribution in [1.29, 1.82) is 0 Å². The van der Waals surface area contributed by atoms with Crippen molar-refractivity contribution in [3.05, 3.63) is 54.1 Å². The molecule has 0 N–H and O–H groups in total. The third-order valence-corrected chi connectivity index (χ3v) is 4.34. The number of likely N-dealkylation sites (N-methyl/N-ethyl adjacent to an activating group) is 1. The van der Waals surface area contributed by atoms with E-state index in [-0.39, 0.29) is 12.0 Å². The molecule has 0 spiro atoms. The summed E-state index contributed by atoms with van der Waals surface area (Å²) in [6.45, 7) is 0.893. The summed E-state index contributed by atoms with van der Waals surface area (Å²) in [5.74, 6) is 2.24. The predicted molar refractivity (Wildman–Crippen MR) is 88.6 cm³/mol. The summed E-state index contributed by atoms with van der Waals surface area (Å²) in [6.07, 6.45) is -0.0219. The summed E-state index contributed by atoms with van der Waals surface area (Å²) >= 11 is 0. The Morgan fingerprint density at radius 3 is 2.54 bits per heavy atom. The number of ether oxygens (including phenoxy) is 3. The molecule has 4 rings (SSSR count). The van der Waals surface area contributed by atoms with E-state index in [0.717, 1.165) is 22.8 Å². The van der Waals surface area contributed by atoms with Gasteiger partial charge in [0.05, 0.1) is 6.54 Å². The molecule has 2 aromatic rings. The maximum Gasteiger partial charge on any atom is 0.263 e. The van der Waals surface area contributed by atoms with E-state index in [1.165, 1.54) is 0 Å². The number of hydrogen-bond donors (Lipinski definition) is 0. The van der Waals surface area contributed by atoms with Crippen LogP contribution < -0.4 is 14.2 Å². The molecule has 124 valence electrons. The van der Waals surface area contributed by atoms with Gasteiger partial charge in [0.2, 0.25) is 0 Å². The van der Waals surface area contributed by atoms with Crippen LogP contribution in [0.1, 0.15) is 5.56 Å². The minimum Gasteiger partial charge on any atom is -0.486 e. The standard InChI is InChI=1S/C19H19NO4/c1-20(11-14-12-22-16-8-4-5-9-17(16)23-14)19(21)18-10-13-6-2-3-7-15(13)24-18/h2-9,14,18H,10-12H2,1H3/t14-,18+/m0/s1. The molecule has 0 unspecified atom stereocenters. The zero-order valence-corrected chi connectivity index (χ0v) is 13.5. The summed E-state index contributed by atoms with van der Waals surface area (Å²) in [5.41, 5.74) is 1.08. The van der Waals surface area contributed by atoms with Crippen molar-refractivity contribution in [2.24, 2.45) is 0 Å². The number of hydrogen-bond acceptors (Lipinski definition) is 4. The van der Waals surface area contributed by atoms with Crippen LogP contribution in [0.25, 0.3) is 0 Å². The van der Waals surface area contributed by atoms with Gasteiger partial charge < -0.3 is 19.1 Å². The van der Waals surface area contributed by atoms with Crippen molar-refractivity contribution >= 4 is 5.91 Å². The molecule has 24 heavy (non-hydrogen) atoms. The van der Waals surface area contributed by atoms with Crippen LogP contribution in [-0.2, 0) is 11.2 Å². The Labute approximate surface area is 140 Å². The van der Waals surface area contributed by atoms with E-state index in [1.54, 1.807) is 11.9 Å². The summed E-state index contributed by atoms with van der Waals surface area (Å²) in [6, 6.07) is 15.3. The molecule has 5 nitrogen and oxygen atoms in total. The fraction of sp³-hybridized carbons (Fsp3) is 0.316. The van der Waals surface area contributed by atoms with Gasteiger partial charge in [0, 0.05) is 13.5 Å². The van der Waals surface area contributed by atoms with Crippen molar-refractivity contribution in [3.8, 4) is 17.2 Å². The molecular weight excluding hydrogens is 306 g/mol. The molecule has 5 heteroatoms. The van der Waals surface area contributed by atoms with E-state index in [4.69, 9.17) is 14.2 Å². The normalized spacial score (nSPS) is 20.9. The second kappa shape index (κ2) is 6.07. The molecule has 0 radical (unpaired) electrons. The van der Waals surface area contributed by atoms with Crippen LogP contribution in [0.2, 0.25) is 0 Å². The number of nitrogens with zero attached hydrogens (tertiary/aromatic N) is 1. The number of benzene rings is 2. The van der Waals surface area contributed by atoms with Crippen LogP contribution in [0.3, 0.4) is 0 Å². The largest absolute Gasteiger partial charge is 0.486 e. The molecule has 2 aromatic carbocycles. The third-order valence-electron chi connectivity index (χ3n) is 4.34. The van der Waals surface area contributed by atoms with Gasteiger partial charge in [0.25, 0.3) is 5.91 Å². The highest BCUT2D eigenvalue weighted by molar-refractivity contribution is 5.82. The van der Waals surface area contributed by atoms with Crippen LogP contribution in [0.4, 0.5) is 0 Å². The van der Waals surface area contributed by atoms with Gasteiger partial charge in [-0.25, -0.2) is 0 Å². The molecule has 2 heterocycles. The maximum atomic E-state index is 12.6. The average Bonchev–Trinajstić information content (AvgIpc) is 3.05.